The molecule has 0 bridgehead atoms. The van der Waals surface area contributed by atoms with E-state index >= 15 is 0 Å². The number of phenolic OH excluding ortho intramolecular Hbond substituents is 1. The van der Waals surface area contributed by atoms with Crippen LogP contribution in [0.25, 0.3) is 0 Å². The van der Waals surface area contributed by atoms with E-state index in [0.717, 1.165) is 13.0 Å². The lowest BCUT2D eigenvalue weighted by Gasteiger charge is -2.18. The molecule has 0 spiro atoms. The maximum absolute atomic E-state index is 10.7. The van der Waals surface area contributed by atoms with Crippen molar-refractivity contribution in [3.8, 4) is 5.75 Å². The minimum Gasteiger partial charge on any atom is -0.508 e. The summed E-state index contributed by atoms with van der Waals surface area (Å²) in [6.45, 7) is 0.720. The SMILES string of the molecule is O=[N+]([O-])c1ccc(O)c2c1NCCC2. The molecule has 1 aliphatic rings. The Balaban J connectivity index is 2.59. The van der Waals surface area contributed by atoms with Crippen molar-refractivity contribution >= 4 is 11.4 Å². The van der Waals surface area contributed by atoms with E-state index in [-0.39, 0.29) is 11.4 Å². The summed E-state index contributed by atoms with van der Waals surface area (Å²) in [7, 11) is 0. The third kappa shape index (κ3) is 1.26. The molecule has 0 saturated carbocycles. The fraction of sp³-hybridized carbons (Fsp3) is 0.333. The van der Waals surface area contributed by atoms with Crippen molar-refractivity contribution in [1.29, 1.82) is 0 Å². The van der Waals surface area contributed by atoms with E-state index in [1.165, 1.54) is 12.1 Å². The van der Waals surface area contributed by atoms with Crippen LogP contribution in [0.15, 0.2) is 12.1 Å². The normalized spacial score (nSPS) is 14.3. The molecule has 0 aliphatic carbocycles. The summed E-state index contributed by atoms with van der Waals surface area (Å²) in [5.74, 6) is 0.137. The van der Waals surface area contributed by atoms with E-state index in [1.807, 2.05) is 0 Å². The summed E-state index contributed by atoms with van der Waals surface area (Å²) in [6.07, 6.45) is 1.58. The number of nitro groups is 1. The second-order valence-corrected chi connectivity index (χ2v) is 3.24. The number of phenols is 1. The summed E-state index contributed by atoms with van der Waals surface area (Å²) >= 11 is 0. The summed E-state index contributed by atoms with van der Waals surface area (Å²) in [5, 5.41) is 23.1. The fourth-order valence-corrected chi connectivity index (χ4v) is 1.71. The molecule has 14 heavy (non-hydrogen) atoms. The molecule has 0 radical (unpaired) electrons. The zero-order valence-electron chi connectivity index (χ0n) is 7.49. The Morgan fingerprint density at radius 1 is 1.50 bits per heavy atom. The number of nitrogens with one attached hydrogen (secondary N) is 1. The Morgan fingerprint density at radius 3 is 3.00 bits per heavy atom. The van der Waals surface area contributed by atoms with Gasteiger partial charge in [-0.15, -0.1) is 0 Å². The van der Waals surface area contributed by atoms with Gasteiger partial charge >= 0.3 is 0 Å². The van der Waals surface area contributed by atoms with Crippen LogP contribution in [-0.4, -0.2) is 16.6 Å². The van der Waals surface area contributed by atoms with Gasteiger partial charge < -0.3 is 10.4 Å². The molecule has 1 heterocycles. The lowest BCUT2D eigenvalue weighted by molar-refractivity contribution is -0.384. The first kappa shape index (κ1) is 8.80. The Morgan fingerprint density at radius 2 is 2.29 bits per heavy atom. The van der Waals surface area contributed by atoms with Crippen LogP contribution in [0.1, 0.15) is 12.0 Å². The number of rotatable bonds is 1. The van der Waals surface area contributed by atoms with Crippen LogP contribution < -0.4 is 5.32 Å². The number of nitro benzene ring substituents is 1. The van der Waals surface area contributed by atoms with Crippen LogP contribution >= 0.6 is 0 Å². The zero-order chi connectivity index (χ0) is 10.1. The van der Waals surface area contributed by atoms with Crippen molar-refractivity contribution in [2.24, 2.45) is 0 Å². The molecule has 0 fully saturated rings. The van der Waals surface area contributed by atoms with Gasteiger partial charge in [-0.2, -0.15) is 0 Å². The van der Waals surface area contributed by atoms with Crippen molar-refractivity contribution < 1.29 is 10.0 Å². The van der Waals surface area contributed by atoms with Gasteiger partial charge in [0.25, 0.3) is 5.69 Å². The van der Waals surface area contributed by atoms with Gasteiger partial charge in [0.05, 0.1) is 4.92 Å². The van der Waals surface area contributed by atoms with Crippen molar-refractivity contribution in [1.82, 2.24) is 0 Å². The number of fused-ring (bicyclic) bond motifs is 1. The lowest BCUT2D eigenvalue weighted by Crippen LogP contribution is -2.13. The molecule has 1 aromatic rings. The largest absolute Gasteiger partial charge is 0.508 e. The average molecular weight is 194 g/mol. The maximum Gasteiger partial charge on any atom is 0.292 e. The van der Waals surface area contributed by atoms with E-state index in [1.54, 1.807) is 0 Å². The molecule has 2 rings (SSSR count). The van der Waals surface area contributed by atoms with E-state index in [0.29, 0.717) is 17.7 Å². The van der Waals surface area contributed by atoms with Crippen molar-refractivity contribution in [3.63, 3.8) is 0 Å². The van der Waals surface area contributed by atoms with E-state index in [4.69, 9.17) is 0 Å². The van der Waals surface area contributed by atoms with Crippen molar-refractivity contribution in [2.45, 2.75) is 12.8 Å². The Labute approximate surface area is 80.5 Å². The number of benzene rings is 1. The standard InChI is InChI=1S/C9H10N2O3/c12-8-4-3-7(11(13)14)9-6(8)2-1-5-10-9/h3-4,10,12H,1-2,5H2. The first-order valence-corrected chi connectivity index (χ1v) is 4.43. The average Bonchev–Trinajstić information content (AvgIpc) is 2.18. The molecule has 74 valence electrons. The Kier molecular flexibility index (Phi) is 1.99. The minimum atomic E-state index is -0.434. The van der Waals surface area contributed by atoms with Gasteiger partial charge in [0.1, 0.15) is 11.4 Å². The monoisotopic (exact) mass is 194 g/mol. The maximum atomic E-state index is 10.7. The summed E-state index contributed by atoms with van der Waals surface area (Å²) in [6, 6.07) is 2.70. The molecule has 1 aromatic carbocycles. The molecule has 0 atom stereocenters. The van der Waals surface area contributed by atoms with E-state index < -0.39 is 4.92 Å². The van der Waals surface area contributed by atoms with E-state index in [2.05, 4.69) is 5.32 Å². The van der Waals surface area contributed by atoms with E-state index in [9.17, 15) is 15.2 Å². The number of nitrogens with zero attached hydrogens (tertiary/aromatic N) is 1. The second kappa shape index (κ2) is 3.17. The van der Waals surface area contributed by atoms with Crippen LogP contribution in [0.5, 0.6) is 5.75 Å². The quantitative estimate of drug-likeness (QED) is 0.526. The van der Waals surface area contributed by atoms with Gasteiger partial charge in [0.2, 0.25) is 0 Å². The Bertz CT molecular complexity index is 390. The third-order valence-electron chi connectivity index (χ3n) is 2.37. The van der Waals surface area contributed by atoms with Crippen LogP contribution in [-0.2, 0) is 6.42 Å². The second-order valence-electron chi connectivity index (χ2n) is 3.24. The van der Waals surface area contributed by atoms with Crippen molar-refractivity contribution in [2.75, 3.05) is 11.9 Å². The number of anilines is 1. The van der Waals surface area contributed by atoms with Crippen LogP contribution in [0.2, 0.25) is 0 Å². The number of aromatic hydroxyl groups is 1. The molecule has 0 aromatic heterocycles. The number of hydrogen-bond acceptors (Lipinski definition) is 4. The highest BCUT2D eigenvalue weighted by Gasteiger charge is 2.22. The van der Waals surface area contributed by atoms with Crippen LogP contribution in [0.4, 0.5) is 11.4 Å². The fourth-order valence-electron chi connectivity index (χ4n) is 1.71. The molecule has 5 heteroatoms. The van der Waals surface area contributed by atoms with Gasteiger partial charge in [0, 0.05) is 18.2 Å². The molecule has 2 N–H and O–H groups in total. The summed E-state index contributed by atoms with van der Waals surface area (Å²) < 4.78 is 0. The highest BCUT2D eigenvalue weighted by Crippen LogP contribution is 2.37. The summed E-state index contributed by atoms with van der Waals surface area (Å²) in [4.78, 5) is 10.2. The highest BCUT2D eigenvalue weighted by molar-refractivity contribution is 5.71. The van der Waals surface area contributed by atoms with Gasteiger partial charge in [-0.1, -0.05) is 0 Å². The minimum absolute atomic E-state index is 0.0394. The molecule has 1 aliphatic heterocycles. The molecular formula is C9H10N2O3. The zero-order valence-corrected chi connectivity index (χ0v) is 7.49. The predicted octanol–water partition coefficient (Wildman–Crippen LogP) is 1.66. The van der Waals surface area contributed by atoms with Crippen LogP contribution in [0, 0.1) is 10.1 Å². The molecule has 0 saturated heterocycles. The molecular weight excluding hydrogens is 184 g/mol. The van der Waals surface area contributed by atoms with Gasteiger partial charge in [-0.25, -0.2) is 0 Å². The highest BCUT2D eigenvalue weighted by atomic mass is 16.6. The first-order valence-electron chi connectivity index (χ1n) is 4.43. The summed E-state index contributed by atoms with van der Waals surface area (Å²) in [5.41, 5.74) is 1.17. The molecule has 5 nitrogen and oxygen atoms in total. The van der Waals surface area contributed by atoms with Gasteiger partial charge in [0.15, 0.2) is 0 Å². The number of hydrogen-bond donors (Lipinski definition) is 2. The smallest absolute Gasteiger partial charge is 0.292 e. The van der Waals surface area contributed by atoms with Gasteiger partial charge in [-0.05, 0) is 18.9 Å². The van der Waals surface area contributed by atoms with Crippen molar-refractivity contribution in [3.05, 3.63) is 27.8 Å². The van der Waals surface area contributed by atoms with Crippen LogP contribution in [0.3, 0.4) is 0 Å². The van der Waals surface area contributed by atoms with Gasteiger partial charge in [-0.3, -0.25) is 10.1 Å². The molecule has 0 unspecified atom stereocenters. The molecule has 0 amide bonds. The Hall–Kier alpha value is -1.78. The predicted molar refractivity (Wildman–Crippen MR) is 51.6 cm³/mol. The first-order chi connectivity index (χ1) is 6.70. The topological polar surface area (TPSA) is 75.4 Å². The lowest BCUT2D eigenvalue weighted by atomic mass is 10.0. The third-order valence-corrected chi connectivity index (χ3v) is 2.37.